The SMILES string of the molecule is CCC1=[C]([Ti]([CH2]c2ccccc2)([CH2]c2ccccc2)[CH2]c2ccccc2)C(CC)C2=C1CCCC2. The van der Waals surface area contributed by atoms with Crippen LogP contribution in [0.1, 0.15) is 69.1 Å². The Labute approximate surface area is 216 Å². The van der Waals surface area contributed by atoms with Gasteiger partial charge in [-0.15, -0.1) is 0 Å². The van der Waals surface area contributed by atoms with Gasteiger partial charge in [0, 0.05) is 0 Å². The van der Waals surface area contributed by atoms with E-state index in [4.69, 9.17) is 0 Å². The van der Waals surface area contributed by atoms with Gasteiger partial charge in [0.05, 0.1) is 0 Å². The molecule has 5 rings (SSSR count). The first-order chi connectivity index (χ1) is 17.2. The third-order valence-electron chi connectivity index (χ3n) is 8.46. The van der Waals surface area contributed by atoms with Crippen LogP contribution in [0.5, 0.6) is 0 Å². The van der Waals surface area contributed by atoms with Gasteiger partial charge in [-0.05, 0) is 0 Å². The third kappa shape index (κ3) is 5.21. The van der Waals surface area contributed by atoms with Crippen LogP contribution in [0.2, 0.25) is 0 Å². The van der Waals surface area contributed by atoms with E-state index in [9.17, 15) is 0 Å². The average Bonchev–Trinajstić information content (AvgIpc) is 3.24. The van der Waals surface area contributed by atoms with Gasteiger partial charge >= 0.3 is 217 Å². The summed E-state index contributed by atoms with van der Waals surface area (Å²) in [6.07, 6.45) is 7.89. The normalized spacial score (nSPS) is 18.2. The van der Waals surface area contributed by atoms with Gasteiger partial charge in [0.15, 0.2) is 0 Å². The van der Waals surface area contributed by atoms with Crippen molar-refractivity contribution in [2.24, 2.45) is 5.92 Å². The van der Waals surface area contributed by atoms with Crippen molar-refractivity contribution in [1.82, 2.24) is 0 Å². The van der Waals surface area contributed by atoms with Crippen molar-refractivity contribution in [3.05, 3.63) is 128 Å². The molecule has 1 atom stereocenters. The summed E-state index contributed by atoms with van der Waals surface area (Å²) < 4.78 is 5.81. The molecule has 0 aliphatic heterocycles. The molecule has 180 valence electrons. The number of rotatable bonds is 9. The second kappa shape index (κ2) is 11.3. The molecular weight excluding hydrogens is 456 g/mol. The van der Waals surface area contributed by atoms with Crippen molar-refractivity contribution in [1.29, 1.82) is 0 Å². The zero-order valence-electron chi connectivity index (χ0n) is 21.6. The van der Waals surface area contributed by atoms with Crippen molar-refractivity contribution >= 4 is 0 Å². The average molecular weight is 497 g/mol. The van der Waals surface area contributed by atoms with E-state index < -0.39 is 16.6 Å². The summed E-state index contributed by atoms with van der Waals surface area (Å²) in [6.45, 7) is 4.90. The van der Waals surface area contributed by atoms with Crippen LogP contribution in [0.3, 0.4) is 0 Å². The summed E-state index contributed by atoms with van der Waals surface area (Å²) in [4.78, 5) is 0. The molecule has 0 radical (unpaired) electrons. The second-order valence-corrected chi connectivity index (χ2v) is 17.2. The fraction of sp³-hybridized carbons (Fsp3) is 0.353. The predicted molar refractivity (Wildman–Crippen MR) is 147 cm³/mol. The van der Waals surface area contributed by atoms with Gasteiger partial charge in [-0.2, -0.15) is 0 Å². The molecule has 0 nitrogen and oxygen atoms in total. The molecule has 0 saturated heterocycles. The molecule has 0 N–H and O–H groups in total. The molecule has 0 amide bonds. The van der Waals surface area contributed by atoms with Crippen LogP contribution in [0, 0.1) is 5.92 Å². The van der Waals surface area contributed by atoms with Crippen molar-refractivity contribution in [3.8, 4) is 0 Å². The fourth-order valence-electron chi connectivity index (χ4n) is 7.18. The fourth-order valence-corrected chi connectivity index (χ4v) is 16.7. The van der Waals surface area contributed by atoms with Crippen LogP contribution in [-0.4, -0.2) is 0 Å². The first-order valence-corrected chi connectivity index (χ1v) is 17.9. The Morgan fingerprint density at radius 3 is 1.51 bits per heavy atom. The van der Waals surface area contributed by atoms with Crippen LogP contribution in [0.25, 0.3) is 0 Å². The molecule has 2 aliphatic rings. The standard InChI is InChI=1S/C13H19.3C7H7.Ti/c1-3-10-9-11(4-2)13-8-6-5-7-12(10)13;3*1-7-5-3-2-4-6-7;/h10H,3-8H2,1-2H3;3*2-6H,1H2;. The Balaban J connectivity index is 1.72. The topological polar surface area (TPSA) is 0 Å². The summed E-state index contributed by atoms with van der Waals surface area (Å²) in [6, 6.07) is 34.4. The molecule has 0 heterocycles. The molecule has 3 aromatic carbocycles. The zero-order chi connectivity index (χ0) is 24.1. The maximum absolute atomic E-state index is 2.73. The molecule has 0 fully saturated rings. The quantitative estimate of drug-likeness (QED) is 0.259. The molecule has 2 aliphatic carbocycles. The van der Waals surface area contributed by atoms with E-state index in [1.807, 2.05) is 9.45 Å². The Hall–Kier alpha value is -2.15. The van der Waals surface area contributed by atoms with Gasteiger partial charge in [-0.3, -0.25) is 0 Å². The summed E-state index contributed by atoms with van der Waals surface area (Å²) in [7, 11) is 0. The second-order valence-electron chi connectivity index (χ2n) is 10.7. The molecule has 1 unspecified atom stereocenters. The van der Waals surface area contributed by atoms with Gasteiger partial charge in [0.2, 0.25) is 0 Å². The molecule has 3 aromatic rings. The molecule has 0 aromatic heterocycles. The van der Waals surface area contributed by atoms with Crippen LogP contribution in [-0.2, 0) is 30.8 Å². The van der Waals surface area contributed by atoms with E-state index in [-0.39, 0.29) is 0 Å². The Morgan fingerprint density at radius 2 is 1.09 bits per heavy atom. The molecule has 0 bridgehead atoms. The van der Waals surface area contributed by atoms with E-state index >= 15 is 0 Å². The van der Waals surface area contributed by atoms with Crippen LogP contribution >= 0.6 is 0 Å². The molecular formula is C34H40Ti. The minimum absolute atomic E-state index is 0.691. The first kappa shape index (κ1) is 24.5. The minimum atomic E-state index is -2.73. The molecule has 0 spiro atoms. The summed E-state index contributed by atoms with van der Waals surface area (Å²) in [5.41, 5.74) is 10.1. The monoisotopic (exact) mass is 496 g/mol. The van der Waals surface area contributed by atoms with Crippen molar-refractivity contribution in [2.75, 3.05) is 0 Å². The summed E-state index contributed by atoms with van der Waals surface area (Å²) in [5, 5.41) is 0. The van der Waals surface area contributed by atoms with E-state index in [2.05, 4.69) is 105 Å². The van der Waals surface area contributed by atoms with E-state index in [0.717, 1.165) is 0 Å². The molecule has 0 saturated carbocycles. The van der Waals surface area contributed by atoms with Crippen LogP contribution in [0.4, 0.5) is 0 Å². The van der Waals surface area contributed by atoms with Gasteiger partial charge < -0.3 is 0 Å². The molecule has 35 heavy (non-hydrogen) atoms. The van der Waals surface area contributed by atoms with Crippen molar-refractivity contribution in [3.63, 3.8) is 0 Å². The first-order valence-electron chi connectivity index (χ1n) is 13.8. The zero-order valence-corrected chi connectivity index (χ0v) is 23.2. The van der Waals surface area contributed by atoms with Gasteiger partial charge in [-0.25, -0.2) is 0 Å². The summed E-state index contributed by atoms with van der Waals surface area (Å²) >= 11 is -2.73. The number of hydrogen-bond donors (Lipinski definition) is 0. The number of benzene rings is 3. The van der Waals surface area contributed by atoms with Gasteiger partial charge in [0.1, 0.15) is 0 Å². The van der Waals surface area contributed by atoms with Crippen LogP contribution in [0.15, 0.2) is 112 Å². The number of allylic oxidation sites excluding steroid dienone is 4. The Kier molecular flexibility index (Phi) is 7.91. The van der Waals surface area contributed by atoms with Gasteiger partial charge in [-0.1, -0.05) is 0 Å². The van der Waals surface area contributed by atoms with Crippen LogP contribution < -0.4 is 0 Å². The Bertz CT molecular complexity index is 1070. The van der Waals surface area contributed by atoms with Gasteiger partial charge in [0.25, 0.3) is 0 Å². The Morgan fingerprint density at radius 1 is 0.629 bits per heavy atom. The predicted octanol–water partition coefficient (Wildman–Crippen LogP) is 9.32. The maximum atomic E-state index is 2.46. The summed E-state index contributed by atoms with van der Waals surface area (Å²) in [5.74, 6) is 0.691. The molecule has 1 heteroatoms. The van der Waals surface area contributed by atoms with Crippen molar-refractivity contribution in [2.45, 2.75) is 66.5 Å². The van der Waals surface area contributed by atoms with Crippen molar-refractivity contribution < 1.29 is 16.6 Å². The van der Waals surface area contributed by atoms with E-state index in [0.29, 0.717) is 5.92 Å². The van der Waals surface area contributed by atoms with E-state index in [1.54, 1.807) is 27.8 Å². The third-order valence-corrected chi connectivity index (χ3v) is 16.3. The van der Waals surface area contributed by atoms with E-state index in [1.165, 1.54) is 52.7 Å². The number of hydrogen-bond acceptors (Lipinski definition) is 0.